The van der Waals surface area contributed by atoms with Gasteiger partial charge in [-0.25, -0.2) is 0 Å². The van der Waals surface area contributed by atoms with Crippen LogP contribution in [0, 0.1) is 0 Å². The largest absolute Gasteiger partial charge is 0.506 e. The molecule has 2 aromatic rings. The van der Waals surface area contributed by atoms with Gasteiger partial charge in [0.2, 0.25) is 0 Å². The van der Waals surface area contributed by atoms with Crippen molar-refractivity contribution in [3.8, 4) is 5.75 Å². The van der Waals surface area contributed by atoms with Crippen LogP contribution in [0.1, 0.15) is 10.4 Å². The van der Waals surface area contributed by atoms with Crippen molar-refractivity contribution in [3.05, 3.63) is 48.5 Å². The fraction of sp³-hybridized carbons (Fsp3) is 0.167. The van der Waals surface area contributed by atoms with Crippen LogP contribution in [0.2, 0.25) is 0 Å². The van der Waals surface area contributed by atoms with E-state index < -0.39 is 0 Å². The lowest BCUT2D eigenvalue weighted by molar-refractivity contribution is 0.0951. The van der Waals surface area contributed by atoms with Crippen molar-refractivity contribution in [1.29, 1.82) is 0 Å². The Hall–Kier alpha value is -2.30. The first-order valence-corrected chi connectivity index (χ1v) is 5.29. The monoisotopic (exact) mass is 231 g/mol. The van der Waals surface area contributed by atoms with E-state index in [0.717, 1.165) is 0 Å². The fourth-order valence-electron chi connectivity index (χ4n) is 1.47. The summed E-state index contributed by atoms with van der Waals surface area (Å²) >= 11 is 0. The van der Waals surface area contributed by atoms with Crippen LogP contribution in [-0.4, -0.2) is 27.1 Å². The van der Waals surface area contributed by atoms with Gasteiger partial charge in [-0.15, -0.1) is 0 Å². The molecule has 2 N–H and O–H groups in total. The Morgan fingerprint density at radius 3 is 2.82 bits per heavy atom. The Labute approximate surface area is 98.7 Å². The minimum atomic E-state index is -0.236. The van der Waals surface area contributed by atoms with E-state index in [0.29, 0.717) is 18.7 Å². The third kappa shape index (κ3) is 3.07. The number of rotatable bonds is 4. The standard InChI is InChI=1S/C12H13N3O2/c16-11-7-10(8-13-9-11)12(17)14-3-6-15-4-1-2-5-15/h1-2,4-5,7-9,16H,3,6H2,(H,14,17). The molecule has 0 fully saturated rings. The molecule has 5 heteroatoms. The summed E-state index contributed by atoms with van der Waals surface area (Å²) in [4.78, 5) is 15.4. The summed E-state index contributed by atoms with van der Waals surface area (Å²) in [5, 5.41) is 11.9. The van der Waals surface area contributed by atoms with Crippen molar-refractivity contribution >= 4 is 5.91 Å². The number of carbonyl (C=O) groups excluding carboxylic acids is 1. The van der Waals surface area contributed by atoms with E-state index in [1.807, 2.05) is 29.1 Å². The van der Waals surface area contributed by atoms with Gasteiger partial charge in [-0.2, -0.15) is 0 Å². The van der Waals surface area contributed by atoms with Crippen molar-refractivity contribution in [2.75, 3.05) is 6.54 Å². The topological polar surface area (TPSA) is 67.2 Å². The zero-order valence-electron chi connectivity index (χ0n) is 9.21. The highest BCUT2D eigenvalue weighted by molar-refractivity contribution is 5.94. The van der Waals surface area contributed by atoms with Crippen LogP contribution in [0.3, 0.4) is 0 Å². The molecular weight excluding hydrogens is 218 g/mol. The Bertz CT molecular complexity index is 494. The maximum atomic E-state index is 11.7. The van der Waals surface area contributed by atoms with Gasteiger partial charge >= 0.3 is 0 Å². The number of nitrogens with one attached hydrogen (secondary N) is 1. The molecule has 88 valence electrons. The highest BCUT2D eigenvalue weighted by Crippen LogP contribution is 2.07. The molecule has 0 unspecified atom stereocenters. The van der Waals surface area contributed by atoms with Gasteiger partial charge in [0.15, 0.2) is 0 Å². The molecule has 0 aliphatic rings. The van der Waals surface area contributed by atoms with E-state index >= 15 is 0 Å². The molecular formula is C12H13N3O2. The van der Waals surface area contributed by atoms with Crippen LogP contribution in [0.5, 0.6) is 5.75 Å². The average molecular weight is 231 g/mol. The van der Waals surface area contributed by atoms with Gasteiger partial charge < -0.3 is 15.0 Å². The van der Waals surface area contributed by atoms with E-state index in [1.165, 1.54) is 18.5 Å². The third-order valence-electron chi connectivity index (χ3n) is 2.31. The molecule has 0 aliphatic carbocycles. The van der Waals surface area contributed by atoms with Gasteiger partial charge in [-0.05, 0) is 18.2 Å². The lowest BCUT2D eigenvalue weighted by atomic mass is 10.2. The Balaban J connectivity index is 1.85. The zero-order valence-corrected chi connectivity index (χ0v) is 9.21. The Morgan fingerprint density at radius 2 is 2.12 bits per heavy atom. The molecule has 0 saturated heterocycles. The van der Waals surface area contributed by atoms with E-state index in [9.17, 15) is 9.90 Å². The van der Waals surface area contributed by atoms with E-state index in [4.69, 9.17) is 0 Å². The molecule has 0 radical (unpaired) electrons. The smallest absolute Gasteiger partial charge is 0.253 e. The number of aromatic hydroxyl groups is 1. The first kappa shape index (κ1) is 11.2. The van der Waals surface area contributed by atoms with Crippen LogP contribution in [-0.2, 0) is 6.54 Å². The van der Waals surface area contributed by atoms with Crippen LogP contribution < -0.4 is 5.32 Å². The van der Waals surface area contributed by atoms with Gasteiger partial charge in [0.25, 0.3) is 5.91 Å². The molecule has 2 heterocycles. The highest BCUT2D eigenvalue weighted by Gasteiger charge is 2.05. The zero-order chi connectivity index (χ0) is 12.1. The van der Waals surface area contributed by atoms with Crippen LogP contribution in [0.15, 0.2) is 43.0 Å². The van der Waals surface area contributed by atoms with E-state index in [-0.39, 0.29) is 11.7 Å². The Morgan fingerprint density at radius 1 is 1.35 bits per heavy atom. The van der Waals surface area contributed by atoms with Crippen LogP contribution >= 0.6 is 0 Å². The van der Waals surface area contributed by atoms with Crippen LogP contribution in [0.4, 0.5) is 0 Å². The fourth-order valence-corrected chi connectivity index (χ4v) is 1.47. The number of aromatic nitrogens is 2. The lowest BCUT2D eigenvalue weighted by Crippen LogP contribution is -2.27. The SMILES string of the molecule is O=C(NCCn1cccc1)c1cncc(O)c1. The molecule has 0 bridgehead atoms. The minimum absolute atomic E-state index is 0.0111. The second-order valence-electron chi connectivity index (χ2n) is 3.61. The molecule has 5 nitrogen and oxygen atoms in total. The van der Waals surface area contributed by atoms with Crippen molar-refractivity contribution in [3.63, 3.8) is 0 Å². The predicted octanol–water partition coefficient (Wildman–Crippen LogP) is 1.02. The number of carbonyl (C=O) groups is 1. The summed E-state index contributed by atoms with van der Waals surface area (Å²) in [5.41, 5.74) is 0.359. The molecule has 0 saturated carbocycles. The van der Waals surface area contributed by atoms with Gasteiger partial charge in [0, 0.05) is 31.7 Å². The lowest BCUT2D eigenvalue weighted by Gasteiger charge is -2.06. The van der Waals surface area contributed by atoms with Crippen molar-refractivity contribution in [1.82, 2.24) is 14.9 Å². The number of hydrogen-bond donors (Lipinski definition) is 2. The Kier molecular flexibility index (Phi) is 3.40. The quantitative estimate of drug-likeness (QED) is 0.825. The molecule has 1 amide bonds. The average Bonchev–Trinajstić information content (AvgIpc) is 2.82. The van der Waals surface area contributed by atoms with E-state index in [1.54, 1.807) is 0 Å². The molecule has 0 aromatic carbocycles. The maximum Gasteiger partial charge on any atom is 0.253 e. The predicted molar refractivity (Wildman–Crippen MR) is 62.7 cm³/mol. The molecule has 0 aliphatic heterocycles. The first-order valence-electron chi connectivity index (χ1n) is 5.29. The molecule has 2 rings (SSSR count). The van der Waals surface area contributed by atoms with Gasteiger partial charge in [-0.3, -0.25) is 9.78 Å². The maximum absolute atomic E-state index is 11.7. The van der Waals surface area contributed by atoms with Crippen molar-refractivity contribution in [2.45, 2.75) is 6.54 Å². The summed E-state index contributed by atoms with van der Waals surface area (Å²) < 4.78 is 1.97. The van der Waals surface area contributed by atoms with Crippen LogP contribution in [0.25, 0.3) is 0 Å². The highest BCUT2D eigenvalue weighted by atomic mass is 16.3. The number of amides is 1. The molecule has 0 atom stereocenters. The second-order valence-corrected chi connectivity index (χ2v) is 3.61. The summed E-state index contributed by atoms with van der Waals surface area (Å²) in [7, 11) is 0. The first-order chi connectivity index (χ1) is 8.25. The van der Waals surface area contributed by atoms with Crippen molar-refractivity contribution < 1.29 is 9.90 Å². The molecule has 0 spiro atoms. The number of nitrogens with zero attached hydrogens (tertiary/aromatic N) is 2. The summed E-state index contributed by atoms with van der Waals surface area (Å²) in [6.07, 6.45) is 6.57. The van der Waals surface area contributed by atoms with Gasteiger partial charge in [0.05, 0.1) is 11.8 Å². The number of hydrogen-bond acceptors (Lipinski definition) is 3. The third-order valence-corrected chi connectivity index (χ3v) is 2.31. The number of pyridine rings is 1. The summed E-state index contributed by atoms with van der Waals surface area (Å²) in [5.74, 6) is -0.247. The normalized spacial score (nSPS) is 10.1. The second kappa shape index (κ2) is 5.16. The van der Waals surface area contributed by atoms with Gasteiger partial charge in [0.1, 0.15) is 5.75 Å². The summed E-state index contributed by atoms with van der Waals surface area (Å²) in [6.45, 7) is 1.24. The van der Waals surface area contributed by atoms with Gasteiger partial charge in [-0.1, -0.05) is 0 Å². The van der Waals surface area contributed by atoms with E-state index in [2.05, 4.69) is 10.3 Å². The van der Waals surface area contributed by atoms with Crippen molar-refractivity contribution in [2.24, 2.45) is 0 Å². The molecule has 2 aromatic heterocycles. The minimum Gasteiger partial charge on any atom is -0.506 e. The molecule has 17 heavy (non-hydrogen) atoms. The summed E-state index contributed by atoms with van der Waals surface area (Å²) in [6, 6.07) is 5.25.